The van der Waals surface area contributed by atoms with Crippen molar-refractivity contribution in [1.29, 1.82) is 5.26 Å². The second kappa shape index (κ2) is 16.4. The first-order chi connectivity index (χ1) is 36.8. The Bertz CT molecular complexity index is 4700. The predicted molar refractivity (Wildman–Crippen MR) is 319 cm³/mol. The highest BCUT2D eigenvalue weighted by molar-refractivity contribution is 6.17. The molecule has 6 nitrogen and oxygen atoms in total. The highest BCUT2D eigenvalue weighted by atomic mass is 15.1. The van der Waals surface area contributed by atoms with Gasteiger partial charge in [0.25, 0.3) is 0 Å². The molecule has 76 heavy (non-hydrogen) atoms. The highest BCUT2D eigenvalue weighted by Crippen LogP contribution is 2.52. The van der Waals surface area contributed by atoms with Crippen molar-refractivity contribution in [3.8, 4) is 39.9 Å². The molecule has 0 saturated heterocycles. The molecule has 0 aliphatic rings. The summed E-state index contributed by atoms with van der Waals surface area (Å²) in [6.45, 7) is 21.6. The van der Waals surface area contributed by atoms with Crippen LogP contribution in [0.25, 0.3) is 121 Å². The van der Waals surface area contributed by atoms with Gasteiger partial charge in [-0.1, -0.05) is 99.1 Å². The molecule has 0 fully saturated rings. The van der Waals surface area contributed by atoms with Gasteiger partial charge in [-0.3, -0.25) is 4.98 Å². The number of hydrogen-bond donors (Lipinski definition) is 0. The Morgan fingerprint density at radius 1 is 0.303 bits per heavy atom. The van der Waals surface area contributed by atoms with E-state index in [9.17, 15) is 5.26 Å². The lowest BCUT2D eigenvalue weighted by Gasteiger charge is -2.29. The largest absolute Gasteiger partial charge is 0.307 e. The Hall–Kier alpha value is -9.18. The van der Waals surface area contributed by atoms with Crippen molar-refractivity contribution in [2.45, 2.75) is 69.2 Å². The van der Waals surface area contributed by atoms with Crippen LogP contribution in [0.1, 0.15) is 61.5 Å². The summed E-state index contributed by atoms with van der Waals surface area (Å²) in [6.07, 6.45) is 0. The second-order valence-electron chi connectivity index (χ2n) is 21.8. The number of nitriles is 1. The first kappa shape index (κ1) is 45.4. The third-order valence-corrected chi connectivity index (χ3v) is 16.2. The SMILES string of the molecule is Cc1ccc2c(c1)c1cc(C)ccc1n2-c1c(C#N)c(-n2c3ccc(C)cc3c3cc(C)ccc32)c(-n2c3ccc(C)cc3c3cc(C)ccc32)c(-n2c3ccc(C)cc3c3cc(C)ccc32)c1-c1ccc(C)nc1C. The second-order valence-corrected chi connectivity index (χ2v) is 21.8. The number of fused-ring (bicyclic) bond motifs is 12. The number of pyridine rings is 1. The van der Waals surface area contributed by atoms with Crippen LogP contribution in [0, 0.1) is 80.6 Å². The van der Waals surface area contributed by atoms with E-state index in [2.05, 4.69) is 251 Å². The minimum atomic E-state index is 0.551. The Morgan fingerprint density at radius 3 is 0.842 bits per heavy atom. The lowest BCUT2D eigenvalue weighted by molar-refractivity contribution is 1.03. The van der Waals surface area contributed by atoms with Crippen molar-refractivity contribution in [1.82, 2.24) is 23.3 Å². The van der Waals surface area contributed by atoms with E-state index in [0.717, 1.165) is 122 Å². The Kier molecular flexibility index (Phi) is 9.81. The summed E-state index contributed by atoms with van der Waals surface area (Å²) in [5, 5.41) is 22.1. The first-order valence-corrected chi connectivity index (χ1v) is 26.4. The van der Waals surface area contributed by atoms with Crippen LogP contribution in [0.4, 0.5) is 0 Å². The number of hydrogen-bond acceptors (Lipinski definition) is 2. The first-order valence-electron chi connectivity index (χ1n) is 26.4. The maximum absolute atomic E-state index is 12.9. The molecule has 9 aromatic carbocycles. The number of rotatable bonds is 5. The molecule has 0 aliphatic heterocycles. The Balaban J connectivity index is 1.39. The standard InChI is InChI=1S/C70H56N6/c1-38-11-21-58-49(29-38)50-30-39(2)12-22-59(50)73(58)67-57(37-71)68(74-60-23-13-40(3)31-51(60)52-32-41(4)14-24-61(52)74)70(76-64-27-17-44(7)35-55(64)56-36-45(8)18-28-65(56)76)69(66(67)48-20-19-46(9)72-47(48)10)75-62-25-15-42(5)33-53(62)54-34-43(6)16-26-63(54)75/h11-36H,1-10H3. The van der Waals surface area contributed by atoms with E-state index >= 15 is 0 Å². The molecule has 0 unspecified atom stereocenters. The lowest BCUT2D eigenvalue weighted by atomic mass is 9.92. The monoisotopic (exact) mass is 980 g/mol. The van der Waals surface area contributed by atoms with Crippen molar-refractivity contribution >= 4 is 87.2 Å². The molecule has 0 bridgehead atoms. The molecule has 5 aromatic heterocycles. The van der Waals surface area contributed by atoms with Gasteiger partial charge in [-0.25, -0.2) is 0 Å². The van der Waals surface area contributed by atoms with Crippen LogP contribution in [0.2, 0.25) is 0 Å². The van der Waals surface area contributed by atoms with Gasteiger partial charge in [-0.2, -0.15) is 5.26 Å². The maximum atomic E-state index is 12.9. The number of aromatic nitrogens is 5. The third-order valence-electron chi connectivity index (χ3n) is 16.2. The van der Waals surface area contributed by atoms with Gasteiger partial charge in [0, 0.05) is 65.6 Å². The molecule has 0 N–H and O–H groups in total. The number of benzene rings is 9. The van der Waals surface area contributed by atoms with E-state index < -0.39 is 0 Å². The molecule has 0 saturated carbocycles. The van der Waals surface area contributed by atoms with Crippen molar-refractivity contribution in [2.75, 3.05) is 0 Å². The average molecular weight is 981 g/mol. The van der Waals surface area contributed by atoms with Crippen LogP contribution in [-0.2, 0) is 0 Å². The van der Waals surface area contributed by atoms with Crippen molar-refractivity contribution in [3.05, 3.63) is 219 Å². The van der Waals surface area contributed by atoms with Crippen LogP contribution in [-0.4, -0.2) is 23.3 Å². The van der Waals surface area contributed by atoms with E-state index in [1.165, 1.54) is 55.3 Å². The van der Waals surface area contributed by atoms with Gasteiger partial charge in [0.1, 0.15) is 11.6 Å². The highest BCUT2D eigenvalue weighted by Gasteiger charge is 2.36. The van der Waals surface area contributed by atoms with Gasteiger partial charge in [0.2, 0.25) is 0 Å². The quantitative estimate of drug-likeness (QED) is 0.173. The predicted octanol–water partition coefficient (Wildman–Crippen LogP) is 18.1. The molecule has 6 heteroatoms. The van der Waals surface area contributed by atoms with Gasteiger partial charge >= 0.3 is 0 Å². The van der Waals surface area contributed by atoms with Crippen LogP contribution in [0.15, 0.2) is 158 Å². The summed E-state index contributed by atoms with van der Waals surface area (Å²) in [5.41, 5.74) is 25.5. The zero-order valence-corrected chi connectivity index (χ0v) is 44.7. The fraction of sp³-hybridized carbons (Fsp3) is 0.143. The summed E-state index contributed by atoms with van der Waals surface area (Å²) >= 11 is 0. The zero-order chi connectivity index (χ0) is 52.2. The summed E-state index contributed by atoms with van der Waals surface area (Å²) in [7, 11) is 0. The van der Waals surface area contributed by atoms with E-state index in [-0.39, 0.29) is 0 Å². The number of aryl methyl sites for hydroxylation is 10. The van der Waals surface area contributed by atoms with Gasteiger partial charge < -0.3 is 18.3 Å². The van der Waals surface area contributed by atoms with Gasteiger partial charge in [0.05, 0.1) is 66.9 Å². The van der Waals surface area contributed by atoms with Gasteiger partial charge in [0.15, 0.2) is 0 Å². The minimum Gasteiger partial charge on any atom is -0.307 e. The average Bonchev–Trinajstić information content (AvgIpc) is 4.19. The Morgan fingerprint density at radius 2 is 0.566 bits per heavy atom. The molecule has 0 amide bonds. The molecule has 366 valence electrons. The van der Waals surface area contributed by atoms with Crippen LogP contribution in [0.5, 0.6) is 0 Å². The van der Waals surface area contributed by atoms with E-state index in [1.54, 1.807) is 0 Å². The molecule has 0 radical (unpaired) electrons. The van der Waals surface area contributed by atoms with Crippen LogP contribution < -0.4 is 0 Å². The van der Waals surface area contributed by atoms with E-state index in [1.807, 2.05) is 0 Å². The molecule has 5 heterocycles. The Labute approximate surface area is 441 Å². The van der Waals surface area contributed by atoms with E-state index in [0.29, 0.717) is 5.56 Å². The molecule has 14 rings (SSSR count). The summed E-state index contributed by atoms with van der Waals surface area (Å²) in [6, 6.07) is 62.1. The molecule has 0 spiro atoms. The smallest absolute Gasteiger partial charge is 0.104 e. The minimum absolute atomic E-state index is 0.551. The van der Waals surface area contributed by atoms with Crippen molar-refractivity contribution < 1.29 is 0 Å². The zero-order valence-electron chi connectivity index (χ0n) is 44.7. The summed E-state index contributed by atoms with van der Waals surface area (Å²) < 4.78 is 9.87. The molecular weight excluding hydrogens is 925 g/mol. The third kappa shape index (κ3) is 6.48. The maximum Gasteiger partial charge on any atom is 0.104 e. The van der Waals surface area contributed by atoms with Crippen molar-refractivity contribution in [3.63, 3.8) is 0 Å². The fourth-order valence-corrected chi connectivity index (χ4v) is 12.8. The fourth-order valence-electron chi connectivity index (χ4n) is 12.8. The van der Waals surface area contributed by atoms with Gasteiger partial charge in [-0.05, 0) is 172 Å². The van der Waals surface area contributed by atoms with Gasteiger partial charge in [-0.15, -0.1) is 0 Å². The van der Waals surface area contributed by atoms with E-state index in [4.69, 9.17) is 4.98 Å². The molecule has 0 aliphatic carbocycles. The summed E-state index contributed by atoms with van der Waals surface area (Å²) in [4.78, 5) is 5.31. The topological polar surface area (TPSA) is 56.4 Å². The van der Waals surface area contributed by atoms with Crippen molar-refractivity contribution in [2.24, 2.45) is 0 Å². The molecule has 0 atom stereocenters. The normalized spacial score (nSPS) is 12.1. The summed E-state index contributed by atoms with van der Waals surface area (Å²) in [5.74, 6) is 0. The lowest BCUT2D eigenvalue weighted by Crippen LogP contribution is -2.17. The molecular formula is C70H56N6. The van der Waals surface area contributed by atoms with Crippen LogP contribution >= 0.6 is 0 Å². The number of nitrogens with zero attached hydrogens (tertiary/aromatic N) is 6. The molecule has 14 aromatic rings. The van der Waals surface area contributed by atoms with Crippen LogP contribution in [0.3, 0.4) is 0 Å².